The van der Waals surface area contributed by atoms with Crippen molar-refractivity contribution in [1.29, 1.82) is 0 Å². The van der Waals surface area contributed by atoms with Crippen molar-refractivity contribution in [2.75, 3.05) is 12.8 Å². The van der Waals surface area contributed by atoms with Gasteiger partial charge in [0, 0.05) is 34.8 Å². The van der Waals surface area contributed by atoms with Gasteiger partial charge in [0.25, 0.3) is 0 Å². The lowest BCUT2D eigenvalue weighted by Gasteiger charge is -2.10. The van der Waals surface area contributed by atoms with Crippen molar-refractivity contribution in [3.8, 4) is 11.1 Å². The highest BCUT2D eigenvalue weighted by Gasteiger charge is 2.19. The minimum absolute atomic E-state index is 0.203. The van der Waals surface area contributed by atoms with Crippen LogP contribution >= 0.6 is 11.6 Å². The smallest absolute Gasteiger partial charge is 0.175 e. The molecule has 0 aliphatic carbocycles. The van der Waals surface area contributed by atoms with Crippen LogP contribution in [0.3, 0.4) is 0 Å². The molecule has 116 valence electrons. The molecule has 0 saturated carbocycles. The highest BCUT2D eigenvalue weighted by Crippen LogP contribution is 2.30. The fourth-order valence-electron chi connectivity index (χ4n) is 2.52. The summed E-state index contributed by atoms with van der Waals surface area (Å²) >= 11 is 6.20. The molecular weight excluding hydrogens is 322 g/mol. The maximum absolute atomic E-state index is 11.5. The van der Waals surface area contributed by atoms with E-state index in [1.54, 1.807) is 24.5 Å². The van der Waals surface area contributed by atoms with E-state index in [1.807, 2.05) is 0 Å². The van der Waals surface area contributed by atoms with Gasteiger partial charge >= 0.3 is 0 Å². The van der Waals surface area contributed by atoms with Crippen LogP contribution < -0.4 is 5.32 Å². The topological polar surface area (TPSA) is 72.0 Å². The monoisotopic (exact) mass is 337 g/mol. The van der Waals surface area contributed by atoms with Crippen molar-refractivity contribution in [2.45, 2.75) is 23.8 Å². The molecule has 1 aliphatic rings. The third-order valence-electron chi connectivity index (χ3n) is 3.72. The highest BCUT2D eigenvalue weighted by molar-refractivity contribution is 7.90. The SMILES string of the molecule is CS(=O)(=O)c1ccc(-c2cnc(C3CCCN3)nc2)c(Cl)c1. The van der Waals surface area contributed by atoms with Crippen LogP contribution in [0.4, 0.5) is 0 Å². The van der Waals surface area contributed by atoms with Crippen LogP contribution in [0.2, 0.25) is 5.02 Å². The Morgan fingerprint density at radius 1 is 1.27 bits per heavy atom. The van der Waals surface area contributed by atoms with Crippen LogP contribution in [-0.2, 0) is 9.84 Å². The molecule has 1 unspecified atom stereocenters. The third kappa shape index (κ3) is 3.14. The Morgan fingerprint density at radius 3 is 2.55 bits per heavy atom. The number of hydrogen-bond acceptors (Lipinski definition) is 5. The van der Waals surface area contributed by atoms with Crippen LogP contribution in [0.25, 0.3) is 11.1 Å². The first-order valence-electron chi connectivity index (χ1n) is 7.00. The maximum Gasteiger partial charge on any atom is 0.175 e. The van der Waals surface area contributed by atoms with Gasteiger partial charge in [-0.1, -0.05) is 17.7 Å². The Hall–Kier alpha value is -1.50. The molecule has 0 amide bonds. The quantitative estimate of drug-likeness (QED) is 0.932. The summed E-state index contributed by atoms with van der Waals surface area (Å²) in [7, 11) is -3.27. The van der Waals surface area contributed by atoms with E-state index in [0.29, 0.717) is 5.02 Å². The van der Waals surface area contributed by atoms with Crippen molar-refractivity contribution < 1.29 is 8.42 Å². The second kappa shape index (κ2) is 5.95. The number of rotatable bonds is 3. The van der Waals surface area contributed by atoms with E-state index >= 15 is 0 Å². The fraction of sp³-hybridized carbons (Fsp3) is 0.333. The molecule has 1 aliphatic heterocycles. The molecule has 22 heavy (non-hydrogen) atoms. The Morgan fingerprint density at radius 2 is 2.00 bits per heavy atom. The van der Waals surface area contributed by atoms with Crippen LogP contribution in [0.1, 0.15) is 24.7 Å². The number of sulfone groups is 1. The van der Waals surface area contributed by atoms with E-state index in [0.717, 1.165) is 42.6 Å². The first kappa shape index (κ1) is 15.4. The second-order valence-corrected chi connectivity index (χ2v) is 7.82. The largest absolute Gasteiger partial charge is 0.307 e. The molecule has 1 atom stereocenters. The summed E-state index contributed by atoms with van der Waals surface area (Å²) in [6.45, 7) is 0.995. The summed E-state index contributed by atoms with van der Waals surface area (Å²) in [6.07, 6.45) is 6.79. The summed E-state index contributed by atoms with van der Waals surface area (Å²) in [5.74, 6) is 0.783. The summed E-state index contributed by atoms with van der Waals surface area (Å²) < 4.78 is 23.1. The van der Waals surface area contributed by atoms with Gasteiger partial charge in [-0.3, -0.25) is 0 Å². The zero-order valence-corrected chi connectivity index (χ0v) is 13.7. The molecule has 0 bridgehead atoms. The van der Waals surface area contributed by atoms with Crippen molar-refractivity contribution in [2.24, 2.45) is 0 Å². The van der Waals surface area contributed by atoms with Crippen LogP contribution in [0.5, 0.6) is 0 Å². The molecule has 0 spiro atoms. The molecule has 3 rings (SSSR count). The van der Waals surface area contributed by atoms with Crippen LogP contribution in [0.15, 0.2) is 35.5 Å². The number of halogens is 1. The van der Waals surface area contributed by atoms with Gasteiger partial charge in [-0.05, 0) is 31.5 Å². The van der Waals surface area contributed by atoms with Gasteiger partial charge in [0.2, 0.25) is 0 Å². The molecule has 7 heteroatoms. The summed E-state index contributed by atoms with van der Waals surface area (Å²) in [5, 5.41) is 3.72. The van der Waals surface area contributed by atoms with Crippen molar-refractivity contribution >= 4 is 21.4 Å². The van der Waals surface area contributed by atoms with Gasteiger partial charge in [0.1, 0.15) is 5.82 Å². The zero-order valence-electron chi connectivity index (χ0n) is 12.1. The second-order valence-electron chi connectivity index (χ2n) is 5.39. The number of aromatic nitrogens is 2. The lowest BCUT2D eigenvalue weighted by Crippen LogP contribution is -2.15. The fourth-order valence-corrected chi connectivity index (χ4v) is 3.52. The molecule has 1 aromatic heterocycles. The van der Waals surface area contributed by atoms with Crippen molar-refractivity contribution in [3.63, 3.8) is 0 Å². The predicted molar refractivity (Wildman–Crippen MR) is 85.6 cm³/mol. The predicted octanol–water partition coefficient (Wildman–Crippen LogP) is 2.63. The Balaban J connectivity index is 1.91. The molecule has 1 saturated heterocycles. The van der Waals surface area contributed by atoms with Gasteiger partial charge in [0.15, 0.2) is 9.84 Å². The van der Waals surface area contributed by atoms with E-state index in [4.69, 9.17) is 11.6 Å². The number of hydrogen-bond donors (Lipinski definition) is 1. The number of nitrogens with zero attached hydrogens (tertiary/aromatic N) is 2. The van der Waals surface area contributed by atoms with Gasteiger partial charge in [-0.15, -0.1) is 0 Å². The molecule has 2 heterocycles. The first-order chi connectivity index (χ1) is 10.4. The van der Waals surface area contributed by atoms with Gasteiger partial charge in [-0.2, -0.15) is 0 Å². The molecular formula is C15H16ClN3O2S. The zero-order chi connectivity index (χ0) is 15.7. The van der Waals surface area contributed by atoms with E-state index in [2.05, 4.69) is 15.3 Å². The summed E-state index contributed by atoms with van der Waals surface area (Å²) in [4.78, 5) is 9.00. The van der Waals surface area contributed by atoms with E-state index in [9.17, 15) is 8.42 Å². The van der Waals surface area contributed by atoms with Crippen molar-refractivity contribution in [1.82, 2.24) is 15.3 Å². The highest BCUT2D eigenvalue weighted by atomic mass is 35.5. The van der Waals surface area contributed by atoms with E-state index < -0.39 is 9.84 Å². The lowest BCUT2D eigenvalue weighted by atomic mass is 10.1. The standard InChI is InChI=1S/C15H16ClN3O2S/c1-22(20,21)11-4-5-12(13(16)7-11)10-8-18-15(19-9-10)14-3-2-6-17-14/h4-5,7-9,14,17H,2-3,6H2,1H3. The molecule has 1 fully saturated rings. The third-order valence-corrected chi connectivity index (χ3v) is 5.15. The lowest BCUT2D eigenvalue weighted by molar-refractivity contribution is 0.602. The molecule has 1 N–H and O–H groups in total. The van der Waals surface area contributed by atoms with Crippen LogP contribution in [-0.4, -0.2) is 31.2 Å². The van der Waals surface area contributed by atoms with Gasteiger partial charge in [0.05, 0.1) is 10.9 Å². The first-order valence-corrected chi connectivity index (χ1v) is 9.27. The number of nitrogens with one attached hydrogen (secondary N) is 1. The average Bonchev–Trinajstić information content (AvgIpc) is 3.01. The minimum Gasteiger partial charge on any atom is -0.307 e. The summed E-state index contributed by atoms with van der Waals surface area (Å²) in [5.41, 5.74) is 1.49. The Labute approximate surface area is 134 Å². The molecule has 5 nitrogen and oxygen atoms in total. The van der Waals surface area contributed by atoms with E-state index in [1.165, 1.54) is 6.07 Å². The Bertz CT molecular complexity index is 785. The van der Waals surface area contributed by atoms with Crippen molar-refractivity contribution in [3.05, 3.63) is 41.4 Å². The Kier molecular flexibility index (Phi) is 4.16. The minimum atomic E-state index is -3.27. The maximum atomic E-state index is 11.5. The molecule has 0 radical (unpaired) electrons. The normalized spacial score (nSPS) is 18.5. The number of benzene rings is 1. The van der Waals surface area contributed by atoms with Gasteiger partial charge < -0.3 is 5.32 Å². The van der Waals surface area contributed by atoms with E-state index in [-0.39, 0.29) is 10.9 Å². The van der Waals surface area contributed by atoms with Crippen LogP contribution in [0, 0.1) is 0 Å². The van der Waals surface area contributed by atoms with Gasteiger partial charge in [-0.25, -0.2) is 18.4 Å². The molecule has 2 aromatic rings. The molecule has 1 aromatic carbocycles. The average molecular weight is 338 g/mol. The summed E-state index contributed by atoms with van der Waals surface area (Å²) in [6, 6.07) is 4.91.